The molecule has 58 heavy (non-hydrogen) atoms. The van der Waals surface area contributed by atoms with E-state index in [0.29, 0.717) is 0 Å². The Balaban J connectivity index is 0.952. The molecule has 0 aliphatic heterocycles. The van der Waals surface area contributed by atoms with Gasteiger partial charge in [-0.2, -0.15) is 0 Å². The Bertz CT molecular complexity index is 2840. The summed E-state index contributed by atoms with van der Waals surface area (Å²) in [4.78, 5) is 16.9. The van der Waals surface area contributed by atoms with Crippen LogP contribution < -0.4 is 0 Å². The third-order valence-electron chi connectivity index (χ3n) is 16.5. The van der Waals surface area contributed by atoms with E-state index in [1.165, 1.54) is 126 Å². The molecule has 3 aromatic heterocycles. The largest absolute Gasteiger partial charge is 0.309 e. The third-order valence-corrected chi connectivity index (χ3v) is 16.5. The van der Waals surface area contributed by atoms with E-state index >= 15 is 0 Å². The summed E-state index contributed by atoms with van der Waals surface area (Å²) in [7, 11) is 0. The molecule has 3 heterocycles. The van der Waals surface area contributed by atoms with E-state index in [2.05, 4.69) is 124 Å². The highest BCUT2D eigenvalue weighted by Crippen LogP contribution is 2.62. The minimum Gasteiger partial charge on any atom is -0.309 e. The summed E-state index contributed by atoms with van der Waals surface area (Å²) in [6.07, 6.45) is 16.3. The standard InChI is InChI=1S/C53H49N5/c1-2-8-39(9-3-1)57-45-13-7-5-11-43(45)47-46(57)19-18-42-41-10-4-6-12-44(41)58(48(42)47)40-16-14-38(15-17-40)49-54-50(52-26-32-20-33(27-52)22-34(21-32)28-52)56-51(55-49)53-29-35-23-36(30-53)25-37(24-35)31-53/h1-19,32-37H,20-31H2. The minimum absolute atomic E-state index is 0.136. The highest BCUT2D eigenvalue weighted by molar-refractivity contribution is 6.26. The number of nitrogens with zero attached hydrogens (tertiary/aromatic N) is 5. The Morgan fingerprint density at radius 2 is 0.879 bits per heavy atom. The maximum Gasteiger partial charge on any atom is 0.163 e. The van der Waals surface area contributed by atoms with Gasteiger partial charge < -0.3 is 9.13 Å². The van der Waals surface area contributed by atoms with Crippen LogP contribution in [0.3, 0.4) is 0 Å². The van der Waals surface area contributed by atoms with Crippen molar-refractivity contribution in [1.82, 2.24) is 24.1 Å². The van der Waals surface area contributed by atoms with Crippen molar-refractivity contribution in [2.75, 3.05) is 0 Å². The zero-order chi connectivity index (χ0) is 37.7. The number of hydrogen-bond donors (Lipinski definition) is 0. The normalized spacial score (nSPS) is 30.8. The first-order valence-electron chi connectivity index (χ1n) is 22.5. The first-order valence-corrected chi connectivity index (χ1v) is 22.5. The monoisotopic (exact) mass is 755 g/mol. The number of aromatic nitrogens is 5. The molecule has 8 bridgehead atoms. The predicted molar refractivity (Wildman–Crippen MR) is 234 cm³/mol. The molecule has 8 aromatic rings. The maximum atomic E-state index is 5.71. The van der Waals surface area contributed by atoms with E-state index < -0.39 is 0 Å². The molecule has 8 aliphatic rings. The molecule has 16 rings (SSSR count). The van der Waals surface area contributed by atoms with Crippen molar-refractivity contribution in [3.63, 3.8) is 0 Å². The molecule has 0 unspecified atom stereocenters. The first-order chi connectivity index (χ1) is 28.6. The molecule has 0 spiro atoms. The van der Waals surface area contributed by atoms with Crippen LogP contribution in [0.4, 0.5) is 0 Å². The second kappa shape index (κ2) is 11.7. The van der Waals surface area contributed by atoms with E-state index in [9.17, 15) is 0 Å². The van der Waals surface area contributed by atoms with Crippen LogP contribution in [0.1, 0.15) is 88.7 Å². The fourth-order valence-corrected chi connectivity index (χ4v) is 15.1. The van der Waals surface area contributed by atoms with Crippen LogP contribution in [-0.4, -0.2) is 24.1 Å². The molecule has 0 atom stereocenters. The van der Waals surface area contributed by atoms with Gasteiger partial charge in [0.25, 0.3) is 0 Å². The summed E-state index contributed by atoms with van der Waals surface area (Å²) in [5.41, 5.74) is 8.66. The van der Waals surface area contributed by atoms with Crippen molar-refractivity contribution in [2.24, 2.45) is 35.5 Å². The van der Waals surface area contributed by atoms with Gasteiger partial charge in [0, 0.05) is 49.3 Å². The summed E-state index contributed by atoms with van der Waals surface area (Å²) >= 11 is 0. The lowest BCUT2D eigenvalue weighted by molar-refractivity contribution is -0.0155. The molecule has 0 saturated heterocycles. The van der Waals surface area contributed by atoms with Gasteiger partial charge in [-0.25, -0.2) is 15.0 Å². The van der Waals surface area contributed by atoms with Crippen molar-refractivity contribution in [3.05, 3.63) is 127 Å². The Morgan fingerprint density at radius 1 is 0.397 bits per heavy atom. The molecule has 5 aromatic carbocycles. The topological polar surface area (TPSA) is 48.5 Å². The fraction of sp³-hybridized carbons (Fsp3) is 0.377. The van der Waals surface area contributed by atoms with Gasteiger partial charge in [-0.3, -0.25) is 0 Å². The lowest BCUT2D eigenvalue weighted by Crippen LogP contribution is -2.51. The van der Waals surface area contributed by atoms with Crippen LogP contribution in [0.5, 0.6) is 0 Å². The lowest BCUT2D eigenvalue weighted by atomic mass is 9.49. The van der Waals surface area contributed by atoms with Gasteiger partial charge in [-0.05, 0) is 167 Å². The smallest absolute Gasteiger partial charge is 0.163 e. The van der Waals surface area contributed by atoms with E-state index in [0.717, 1.165) is 64.2 Å². The molecule has 5 heteroatoms. The van der Waals surface area contributed by atoms with Crippen LogP contribution in [-0.2, 0) is 10.8 Å². The SMILES string of the molecule is c1ccc(-n2c3ccccc3c3c2ccc2c4ccccc4n(-c4ccc(-c5nc(C67CC8CC(CC(C8)C6)C7)nc(C67CC8CC(CC(C8)C6)C7)n5)cc4)c23)cc1. The van der Waals surface area contributed by atoms with Gasteiger partial charge in [0.15, 0.2) is 5.82 Å². The fourth-order valence-electron chi connectivity index (χ4n) is 15.1. The lowest BCUT2D eigenvalue weighted by Gasteiger charge is -2.57. The van der Waals surface area contributed by atoms with Gasteiger partial charge in [-0.1, -0.05) is 60.7 Å². The number of fused-ring (bicyclic) bond motifs is 7. The molecule has 0 radical (unpaired) electrons. The zero-order valence-electron chi connectivity index (χ0n) is 33.2. The Kier molecular flexibility index (Phi) is 6.57. The summed E-state index contributed by atoms with van der Waals surface area (Å²) in [6, 6.07) is 42.6. The van der Waals surface area contributed by atoms with E-state index in [4.69, 9.17) is 15.0 Å². The summed E-state index contributed by atoms with van der Waals surface area (Å²) in [5, 5.41) is 5.11. The molecule has 5 nitrogen and oxygen atoms in total. The highest BCUT2D eigenvalue weighted by Gasteiger charge is 2.56. The Morgan fingerprint density at radius 3 is 1.45 bits per heavy atom. The summed E-state index contributed by atoms with van der Waals surface area (Å²) < 4.78 is 4.94. The highest BCUT2D eigenvalue weighted by atomic mass is 15.1. The molecule has 8 fully saturated rings. The molecular weight excluding hydrogens is 707 g/mol. The van der Waals surface area contributed by atoms with Crippen molar-refractivity contribution in [2.45, 2.75) is 87.9 Å². The number of para-hydroxylation sites is 3. The predicted octanol–water partition coefficient (Wildman–Crippen LogP) is 12.7. The molecule has 0 amide bonds. The minimum atomic E-state index is 0.136. The van der Waals surface area contributed by atoms with Gasteiger partial charge in [0.05, 0.1) is 22.1 Å². The molecule has 8 saturated carbocycles. The van der Waals surface area contributed by atoms with Gasteiger partial charge in [0.2, 0.25) is 0 Å². The second-order valence-corrected chi connectivity index (χ2v) is 20.1. The van der Waals surface area contributed by atoms with Gasteiger partial charge in [0.1, 0.15) is 11.6 Å². The second-order valence-electron chi connectivity index (χ2n) is 20.1. The van der Waals surface area contributed by atoms with Gasteiger partial charge in [-0.15, -0.1) is 0 Å². The van der Waals surface area contributed by atoms with Crippen LogP contribution >= 0.6 is 0 Å². The van der Waals surface area contributed by atoms with E-state index in [1.54, 1.807) is 0 Å². The number of hydrogen-bond acceptors (Lipinski definition) is 3. The van der Waals surface area contributed by atoms with Crippen LogP contribution in [0.25, 0.3) is 66.4 Å². The number of rotatable bonds is 5. The van der Waals surface area contributed by atoms with Crippen molar-refractivity contribution >= 4 is 43.6 Å². The zero-order valence-corrected chi connectivity index (χ0v) is 33.2. The van der Waals surface area contributed by atoms with Crippen LogP contribution in [0.15, 0.2) is 115 Å². The van der Waals surface area contributed by atoms with Crippen LogP contribution in [0.2, 0.25) is 0 Å². The van der Waals surface area contributed by atoms with E-state index in [-0.39, 0.29) is 10.8 Å². The van der Waals surface area contributed by atoms with Crippen molar-refractivity contribution < 1.29 is 0 Å². The average molecular weight is 756 g/mol. The molecular formula is C53H49N5. The Hall–Kier alpha value is -5.29. The van der Waals surface area contributed by atoms with Crippen LogP contribution in [0, 0.1) is 35.5 Å². The third kappa shape index (κ3) is 4.56. The maximum absolute atomic E-state index is 5.71. The van der Waals surface area contributed by atoms with E-state index in [1.807, 2.05) is 0 Å². The number of benzene rings is 5. The first kappa shape index (κ1) is 32.6. The molecule has 0 N–H and O–H groups in total. The quantitative estimate of drug-likeness (QED) is 0.176. The van der Waals surface area contributed by atoms with Crippen molar-refractivity contribution in [1.29, 1.82) is 0 Å². The van der Waals surface area contributed by atoms with Gasteiger partial charge >= 0.3 is 0 Å². The summed E-state index contributed by atoms with van der Waals surface area (Å²) in [5.74, 6) is 8.36. The molecule has 286 valence electrons. The summed E-state index contributed by atoms with van der Waals surface area (Å²) in [6.45, 7) is 0. The Labute approximate surface area is 339 Å². The average Bonchev–Trinajstić information content (AvgIpc) is 3.76. The molecule has 8 aliphatic carbocycles. The van der Waals surface area contributed by atoms with Crippen molar-refractivity contribution in [3.8, 4) is 22.8 Å².